The van der Waals surface area contributed by atoms with Crippen molar-refractivity contribution in [2.45, 2.75) is 0 Å². The lowest BCUT2D eigenvalue weighted by Gasteiger charge is -2.13. The normalized spacial score (nSPS) is 11.1. The fourth-order valence-electron chi connectivity index (χ4n) is 1.31. The van der Waals surface area contributed by atoms with Crippen LogP contribution in [-0.2, 0) is 0 Å². The molecule has 0 amide bonds. The first kappa shape index (κ1) is 12.0. The first-order chi connectivity index (χ1) is 7.67. The van der Waals surface area contributed by atoms with Crippen LogP contribution < -0.4 is 19.9 Å². The second-order valence-electron chi connectivity index (χ2n) is 2.89. The quantitative estimate of drug-likeness (QED) is 0.343. The summed E-state index contributed by atoms with van der Waals surface area (Å²) in [6.07, 6.45) is 0. The summed E-state index contributed by atoms with van der Waals surface area (Å²) >= 11 is 0. The summed E-state index contributed by atoms with van der Waals surface area (Å²) in [6, 6.07) is 3.24. The third-order valence-electron chi connectivity index (χ3n) is 2.08. The van der Waals surface area contributed by atoms with Crippen molar-refractivity contribution in [1.29, 1.82) is 0 Å². The topological polar surface area (TPSA) is 86.3 Å². The van der Waals surface area contributed by atoms with Crippen LogP contribution in [0.4, 0.5) is 0 Å². The third kappa shape index (κ3) is 2.10. The highest BCUT2D eigenvalue weighted by molar-refractivity contribution is 6.02. The number of nitrogens with two attached hydrogens (primary N) is 1. The lowest BCUT2D eigenvalue weighted by Crippen LogP contribution is -2.16. The summed E-state index contributed by atoms with van der Waals surface area (Å²) in [5.41, 5.74) is 5.92. The van der Waals surface area contributed by atoms with Crippen molar-refractivity contribution >= 4 is 5.84 Å². The molecule has 1 aromatic rings. The molecule has 88 valence electrons. The molecule has 1 aromatic carbocycles. The van der Waals surface area contributed by atoms with Crippen LogP contribution in [0.2, 0.25) is 0 Å². The zero-order chi connectivity index (χ0) is 12.1. The van der Waals surface area contributed by atoms with Gasteiger partial charge in [-0.25, -0.2) is 0 Å². The van der Waals surface area contributed by atoms with Crippen LogP contribution in [0.3, 0.4) is 0 Å². The molecule has 1 rings (SSSR count). The predicted molar refractivity (Wildman–Crippen MR) is 58.6 cm³/mol. The highest BCUT2D eigenvalue weighted by Gasteiger charge is 2.16. The fourth-order valence-corrected chi connectivity index (χ4v) is 1.31. The summed E-state index contributed by atoms with van der Waals surface area (Å²) in [4.78, 5) is 0. The van der Waals surface area contributed by atoms with Crippen LogP contribution in [0.1, 0.15) is 5.56 Å². The third-order valence-corrected chi connectivity index (χ3v) is 2.08. The first-order valence-electron chi connectivity index (χ1n) is 4.45. The lowest BCUT2D eigenvalue weighted by molar-refractivity contribution is 0.317. The van der Waals surface area contributed by atoms with Crippen molar-refractivity contribution in [3.63, 3.8) is 0 Å². The van der Waals surface area contributed by atoms with Crippen molar-refractivity contribution < 1.29 is 19.4 Å². The Morgan fingerprint density at radius 2 is 1.62 bits per heavy atom. The van der Waals surface area contributed by atoms with E-state index in [1.54, 1.807) is 12.1 Å². The minimum Gasteiger partial charge on any atom is -0.496 e. The maximum atomic E-state index is 8.68. The number of amidine groups is 1. The molecule has 0 heterocycles. The standard InChI is InChI=1S/C10H14N2O4/c1-14-6-4-7(15-2)9(10(11)12-13)8(5-6)16-3/h4-5,13H,1-3H3,(H2,11,12). The van der Waals surface area contributed by atoms with Gasteiger partial charge < -0.3 is 25.2 Å². The molecule has 6 nitrogen and oxygen atoms in total. The first-order valence-corrected chi connectivity index (χ1v) is 4.45. The zero-order valence-corrected chi connectivity index (χ0v) is 9.35. The molecule has 0 aliphatic heterocycles. The molecule has 0 atom stereocenters. The van der Waals surface area contributed by atoms with Gasteiger partial charge in [0.05, 0.1) is 21.3 Å². The van der Waals surface area contributed by atoms with Gasteiger partial charge in [0, 0.05) is 12.1 Å². The Morgan fingerprint density at radius 1 is 1.12 bits per heavy atom. The largest absolute Gasteiger partial charge is 0.496 e. The average Bonchev–Trinajstić information content (AvgIpc) is 2.35. The minimum absolute atomic E-state index is 0.0867. The van der Waals surface area contributed by atoms with Gasteiger partial charge in [0.15, 0.2) is 5.84 Å². The van der Waals surface area contributed by atoms with Gasteiger partial charge in [-0.1, -0.05) is 5.16 Å². The van der Waals surface area contributed by atoms with E-state index < -0.39 is 0 Å². The number of hydrogen-bond acceptors (Lipinski definition) is 5. The smallest absolute Gasteiger partial charge is 0.177 e. The minimum atomic E-state index is -0.0867. The maximum absolute atomic E-state index is 8.68. The van der Waals surface area contributed by atoms with Gasteiger partial charge in [0.25, 0.3) is 0 Å². The summed E-state index contributed by atoms with van der Waals surface area (Å²) in [5, 5.41) is 11.6. The monoisotopic (exact) mass is 226 g/mol. The number of rotatable bonds is 4. The van der Waals surface area contributed by atoms with Gasteiger partial charge in [0.2, 0.25) is 0 Å². The van der Waals surface area contributed by atoms with Gasteiger partial charge in [-0.05, 0) is 0 Å². The van der Waals surface area contributed by atoms with E-state index in [0.717, 1.165) is 0 Å². The molecule has 0 saturated carbocycles. The molecule has 0 aromatic heterocycles. The number of ether oxygens (including phenoxy) is 3. The molecule has 0 aliphatic rings. The van der Waals surface area contributed by atoms with E-state index in [1.165, 1.54) is 21.3 Å². The number of benzene rings is 1. The Bertz CT molecular complexity index is 379. The second kappa shape index (κ2) is 5.11. The molecule has 0 saturated heterocycles. The van der Waals surface area contributed by atoms with Crippen molar-refractivity contribution in [2.24, 2.45) is 10.9 Å². The number of hydrogen-bond donors (Lipinski definition) is 2. The highest BCUT2D eigenvalue weighted by atomic mass is 16.5. The Kier molecular flexibility index (Phi) is 3.82. The lowest BCUT2D eigenvalue weighted by atomic mass is 10.1. The SMILES string of the molecule is COc1cc(OC)c(C(N)=NO)c(OC)c1. The highest BCUT2D eigenvalue weighted by Crippen LogP contribution is 2.33. The molecule has 6 heteroatoms. The molecule has 16 heavy (non-hydrogen) atoms. The summed E-state index contributed by atoms with van der Waals surface area (Å²) < 4.78 is 15.3. The van der Waals surface area contributed by atoms with Crippen LogP contribution >= 0.6 is 0 Å². The van der Waals surface area contributed by atoms with Crippen LogP contribution in [0.15, 0.2) is 17.3 Å². The van der Waals surface area contributed by atoms with Crippen LogP contribution in [0, 0.1) is 0 Å². The van der Waals surface area contributed by atoms with Crippen molar-refractivity contribution in [1.82, 2.24) is 0 Å². The van der Waals surface area contributed by atoms with E-state index in [0.29, 0.717) is 22.8 Å². The van der Waals surface area contributed by atoms with Gasteiger partial charge in [-0.3, -0.25) is 0 Å². The molecule has 0 aliphatic carbocycles. The molecule has 0 radical (unpaired) electrons. The Balaban J connectivity index is 3.43. The number of oxime groups is 1. The van der Waals surface area contributed by atoms with Gasteiger partial charge in [0.1, 0.15) is 22.8 Å². The van der Waals surface area contributed by atoms with Gasteiger partial charge >= 0.3 is 0 Å². The van der Waals surface area contributed by atoms with Crippen LogP contribution in [0.25, 0.3) is 0 Å². The van der Waals surface area contributed by atoms with Gasteiger partial charge in [-0.2, -0.15) is 0 Å². The molecular weight excluding hydrogens is 212 g/mol. The molecule has 3 N–H and O–H groups in total. The summed E-state index contributed by atoms with van der Waals surface area (Å²) in [6.45, 7) is 0. The molecular formula is C10H14N2O4. The Hall–Kier alpha value is -2.11. The molecule has 0 unspecified atom stereocenters. The summed E-state index contributed by atoms with van der Waals surface area (Å²) in [7, 11) is 4.47. The summed E-state index contributed by atoms with van der Waals surface area (Å²) in [5.74, 6) is 1.29. The number of nitrogens with zero attached hydrogens (tertiary/aromatic N) is 1. The van der Waals surface area contributed by atoms with Gasteiger partial charge in [-0.15, -0.1) is 0 Å². The fraction of sp³-hybridized carbons (Fsp3) is 0.300. The molecule has 0 bridgehead atoms. The van der Waals surface area contributed by atoms with Crippen LogP contribution in [0.5, 0.6) is 17.2 Å². The van der Waals surface area contributed by atoms with Crippen molar-refractivity contribution in [2.75, 3.05) is 21.3 Å². The van der Waals surface area contributed by atoms with E-state index in [2.05, 4.69) is 5.16 Å². The Labute approximate surface area is 93.2 Å². The molecule has 0 spiro atoms. The van der Waals surface area contributed by atoms with E-state index >= 15 is 0 Å². The Morgan fingerprint density at radius 3 is 1.94 bits per heavy atom. The second-order valence-corrected chi connectivity index (χ2v) is 2.89. The van der Waals surface area contributed by atoms with E-state index in [4.69, 9.17) is 25.2 Å². The van der Waals surface area contributed by atoms with Crippen molar-refractivity contribution in [3.05, 3.63) is 17.7 Å². The van der Waals surface area contributed by atoms with E-state index in [-0.39, 0.29) is 5.84 Å². The van der Waals surface area contributed by atoms with E-state index in [1.807, 2.05) is 0 Å². The predicted octanol–water partition coefficient (Wildman–Crippen LogP) is 0.807. The maximum Gasteiger partial charge on any atom is 0.177 e. The van der Waals surface area contributed by atoms with E-state index in [9.17, 15) is 0 Å². The zero-order valence-electron chi connectivity index (χ0n) is 9.35. The van der Waals surface area contributed by atoms with Crippen molar-refractivity contribution in [3.8, 4) is 17.2 Å². The average molecular weight is 226 g/mol. The number of methoxy groups -OCH3 is 3. The molecule has 0 fully saturated rings. The van der Waals surface area contributed by atoms with Crippen LogP contribution in [-0.4, -0.2) is 32.4 Å².